The zero-order valence-electron chi connectivity index (χ0n) is 11.6. The standard InChI is InChI=1S/C14H25N3O/c1-3-17-10-7-13(15-17)12-16(2)9-8-14-6-4-5-11-18-14/h7,10,14H,3-6,8-9,11-12H2,1-2H3. The molecule has 1 fully saturated rings. The molecule has 0 radical (unpaired) electrons. The average Bonchev–Trinajstić information content (AvgIpc) is 2.85. The maximum absolute atomic E-state index is 5.75. The Balaban J connectivity index is 1.69. The fourth-order valence-corrected chi connectivity index (χ4v) is 2.42. The van der Waals surface area contributed by atoms with Crippen molar-refractivity contribution in [1.29, 1.82) is 0 Å². The monoisotopic (exact) mass is 251 g/mol. The van der Waals surface area contributed by atoms with Crippen molar-refractivity contribution in [1.82, 2.24) is 14.7 Å². The van der Waals surface area contributed by atoms with E-state index in [0.29, 0.717) is 6.10 Å². The van der Waals surface area contributed by atoms with E-state index in [-0.39, 0.29) is 0 Å². The molecular formula is C14H25N3O. The average molecular weight is 251 g/mol. The van der Waals surface area contributed by atoms with Crippen LogP contribution in [0.2, 0.25) is 0 Å². The van der Waals surface area contributed by atoms with Crippen LogP contribution in [0.15, 0.2) is 12.3 Å². The second-order valence-electron chi connectivity index (χ2n) is 5.18. The van der Waals surface area contributed by atoms with E-state index >= 15 is 0 Å². The highest BCUT2D eigenvalue weighted by Crippen LogP contribution is 2.16. The van der Waals surface area contributed by atoms with Crippen molar-refractivity contribution in [3.05, 3.63) is 18.0 Å². The number of aromatic nitrogens is 2. The molecule has 2 heterocycles. The van der Waals surface area contributed by atoms with Crippen molar-refractivity contribution in [3.63, 3.8) is 0 Å². The number of rotatable bonds is 6. The lowest BCUT2D eigenvalue weighted by atomic mass is 10.1. The smallest absolute Gasteiger partial charge is 0.0764 e. The summed E-state index contributed by atoms with van der Waals surface area (Å²) in [5, 5.41) is 4.51. The summed E-state index contributed by atoms with van der Waals surface area (Å²) >= 11 is 0. The minimum Gasteiger partial charge on any atom is -0.378 e. The van der Waals surface area contributed by atoms with E-state index in [1.165, 1.54) is 19.3 Å². The highest BCUT2D eigenvalue weighted by Gasteiger charge is 2.14. The Labute approximate surface area is 110 Å². The van der Waals surface area contributed by atoms with Crippen LogP contribution in [-0.4, -0.2) is 41.0 Å². The molecule has 18 heavy (non-hydrogen) atoms. The molecule has 0 aromatic carbocycles. The predicted molar refractivity (Wildman–Crippen MR) is 72.4 cm³/mol. The molecule has 0 aliphatic carbocycles. The van der Waals surface area contributed by atoms with Gasteiger partial charge >= 0.3 is 0 Å². The van der Waals surface area contributed by atoms with Gasteiger partial charge < -0.3 is 9.64 Å². The maximum Gasteiger partial charge on any atom is 0.0764 e. The van der Waals surface area contributed by atoms with E-state index in [4.69, 9.17) is 4.74 Å². The van der Waals surface area contributed by atoms with E-state index in [9.17, 15) is 0 Å². The third-order valence-electron chi connectivity index (χ3n) is 3.56. The van der Waals surface area contributed by atoms with Crippen LogP contribution in [0.4, 0.5) is 0 Å². The van der Waals surface area contributed by atoms with E-state index in [0.717, 1.165) is 38.4 Å². The van der Waals surface area contributed by atoms with Crippen molar-refractivity contribution in [2.45, 2.75) is 51.8 Å². The summed E-state index contributed by atoms with van der Waals surface area (Å²) in [7, 11) is 2.16. The molecule has 4 heteroatoms. The SMILES string of the molecule is CCn1ccc(CN(C)CCC2CCCCO2)n1. The Kier molecular flexibility index (Phi) is 5.20. The van der Waals surface area contributed by atoms with Crippen LogP contribution < -0.4 is 0 Å². The molecule has 0 N–H and O–H groups in total. The quantitative estimate of drug-likeness (QED) is 0.777. The van der Waals surface area contributed by atoms with Crippen molar-refractivity contribution in [2.24, 2.45) is 0 Å². The molecule has 1 aliphatic heterocycles. The zero-order valence-corrected chi connectivity index (χ0v) is 11.6. The van der Waals surface area contributed by atoms with Crippen LogP contribution >= 0.6 is 0 Å². The predicted octanol–water partition coefficient (Wildman–Crippen LogP) is 2.29. The molecule has 1 saturated heterocycles. The molecule has 1 aliphatic rings. The Morgan fingerprint density at radius 2 is 2.39 bits per heavy atom. The highest BCUT2D eigenvalue weighted by molar-refractivity contribution is 4.98. The van der Waals surface area contributed by atoms with E-state index in [2.05, 4.69) is 30.0 Å². The van der Waals surface area contributed by atoms with Crippen molar-refractivity contribution in [3.8, 4) is 0 Å². The molecule has 1 aromatic rings. The van der Waals surface area contributed by atoms with E-state index in [1.54, 1.807) is 0 Å². The van der Waals surface area contributed by atoms with Crippen LogP contribution in [0, 0.1) is 0 Å². The van der Waals surface area contributed by atoms with Crippen LogP contribution in [0.1, 0.15) is 38.3 Å². The molecule has 1 aromatic heterocycles. The van der Waals surface area contributed by atoms with Gasteiger partial charge in [0, 0.05) is 32.4 Å². The van der Waals surface area contributed by atoms with E-state index in [1.807, 2.05) is 10.9 Å². The molecule has 1 atom stereocenters. The summed E-state index contributed by atoms with van der Waals surface area (Å²) in [6.07, 6.45) is 7.47. The van der Waals surface area contributed by atoms with Gasteiger partial charge in [0.25, 0.3) is 0 Å². The number of hydrogen-bond acceptors (Lipinski definition) is 3. The minimum atomic E-state index is 0.481. The van der Waals surface area contributed by atoms with Gasteiger partial charge in [-0.1, -0.05) is 0 Å². The summed E-state index contributed by atoms with van der Waals surface area (Å²) in [5.74, 6) is 0. The Morgan fingerprint density at radius 3 is 3.06 bits per heavy atom. The molecule has 0 bridgehead atoms. The van der Waals surface area contributed by atoms with Gasteiger partial charge in [0.05, 0.1) is 11.8 Å². The summed E-state index contributed by atoms with van der Waals surface area (Å²) in [6.45, 7) is 6.03. The number of hydrogen-bond donors (Lipinski definition) is 0. The van der Waals surface area contributed by atoms with Crippen molar-refractivity contribution >= 4 is 0 Å². The summed E-state index contributed by atoms with van der Waals surface area (Å²) < 4.78 is 7.73. The number of nitrogens with zero attached hydrogens (tertiary/aromatic N) is 3. The van der Waals surface area contributed by atoms with Crippen molar-refractivity contribution < 1.29 is 4.74 Å². The molecule has 0 amide bonds. The highest BCUT2D eigenvalue weighted by atomic mass is 16.5. The zero-order chi connectivity index (χ0) is 12.8. The summed E-state index contributed by atoms with van der Waals surface area (Å²) in [5.41, 5.74) is 1.16. The first-order valence-electron chi connectivity index (χ1n) is 7.10. The van der Waals surface area contributed by atoms with Gasteiger partial charge in [-0.2, -0.15) is 5.10 Å². The number of aryl methyl sites for hydroxylation is 1. The first-order chi connectivity index (χ1) is 8.78. The summed E-state index contributed by atoms with van der Waals surface area (Å²) in [4.78, 5) is 2.33. The van der Waals surface area contributed by atoms with Gasteiger partial charge in [-0.3, -0.25) is 4.68 Å². The van der Waals surface area contributed by atoms with Crippen LogP contribution in [0.3, 0.4) is 0 Å². The van der Waals surface area contributed by atoms with Crippen LogP contribution in [0.25, 0.3) is 0 Å². The van der Waals surface area contributed by atoms with Crippen LogP contribution in [-0.2, 0) is 17.8 Å². The Hall–Kier alpha value is -0.870. The largest absolute Gasteiger partial charge is 0.378 e. The summed E-state index contributed by atoms with van der Waals surface area (Å²) in [6, 6.07) is 2.11. The fraction of sp³-hybridized carbons (Fsp3) is 0.786. The molecule has 0 spiro atoms. The maximum atomic E-state index is 5.75. The normalized spacial score (nSPS) is 20.5. The number of ether oxygens (including phenoxy) is 1. The van der Waals surface area contributed by atoms with Gasteiger partial charge in [-0.25, -0.2) is 0 Å². The van der Waals surface area contributed by atoms with E-state index < -0.39 is 0 Å². The van der Waals surface area contributed by atoms with Gasteiger partial charge in [0.1, 0.15) is 0 Å². The van der Waals surface area contributed by atoms with Gasteiger partial charge in [-0.05, 0) is 45.7 Å². The molecule has 4 nitrogen and oxygen atoms in total. The topological polar surface area (TPSA) is 30.3 Å². The Morgan fingerprint density at radius 1 is 1.50 bits per heavy atom. The molecule has 102 valence electrons. The van der Waals surface area contributed by atoms with Crippen molar-refractivity contribution in [2.75, 3.05) is 20.2 Å². The molecule has 1 unspecified atom stereocenters. The van der Waals surface area contributed by atoms with Gasteiger partial charge in [0.15, 0.2) is 0 Å². The second-order valence-corrected chi connectivity index (χ2v) is 5.18. The second kappa shape index (κ2) is 6.90. The molecule has 0 saturated carbocycles. The minimum absolute atomic E-state index is 0.481. The first-order valence-corrected chi connectivity index (χ1v) is 7.10. The lowest BCUT2D eigenvalue weighted by Crippen LogP contribution is -2.26. The third kappa shape index (κ3) is 4.10. The fourth-order valence-electron chi connectivity index (χ4n) is 2.42. The van der Waals surface area contributed by atoms with Crippen LogP contribution in [0.5, 0.6) is 0 Å². The third-order valence-corrected chi connectivity index (χ3v) is 3.56. The lowest BCUT2D eigenvalue weighted by molar-refractivity contribution is 0.00635. The first kappa shape index (κ1) is 13.6. The molecular weight excluding hydrogens is 226 g/mol. The van der Waals surface area contributed by atoms with Gasteiger partial charge in [-0.15, -0.1) is 0 Å². The van der Waals surface area contributed by atoms with Gasteiger partial charge in [0.2, 0.25) is 0 Å². The Bertz CT molecular complexity index is 345. The lowest BCUT2D eigenvalue weighted by Gasteiger charge is -2.24. The molecule has 2 rings (SSSR count).